The summed E-state index contributed by atoms with van der Waals surface area (Å²) >= 11 is 8.69. The Bertz CT molecular complexity index is 548. The molecule has 2 heterocycles. The quantitative estimate of drug-likeness (QED) is 0.859. The van der Waals surface area contributed by atoms with Gasteiger partial charge in [-0.15, -0.1) is 11.3 Å². The van der Waals surface area contributed by atoms with Crippen molar-refractivity contribution in [2.75, 3.05) is 0 Å². The highest BCUT2D eigenvalue weighted by molar-refractivity contribution is 9.12. The van der Waals surface area contributed by atoms with Gasteiger partial charge in [0.15, 0.2) is 0 Å². The van der Waals surface area contributed by atoms with Crippen molar-refractivity contribution in [1.82, 2.24) is 9.78 Å². The zero-order valence-electron chi connectivity index (χ0n) is 10.3. The molecule has 3 nitrogen and oxygen atoms in total. The SMILES string of the molecule is CCc1cc(CC(N)c2cc(Br)sc2Br)n(C)n1. The molecule has 98 valence electrons. The highest BCUT2D eigenvalue weighted by Gasteiger charge is 2.16. The number of aromatic nitrogens is 2. The third kappa shape index (κ3) is 3.04. The molecular weight excluding hydrogens is 378 g/mol. The molecule has 0 bridgehead atoms. The van der Waals surface area contributed by atoms with Gasteiger partial charge in [0.25, 0.3) is 0 Å². The van der Waals surface area contributed by atoms with Crippen LogP contribution in [-0.2, 0) is 19.9 Å². The van der Waals surface area contributed by atoms with E-state index < -0.39 is 0 Å². The standard InChI is InChI=1S/C12H15Br2N3S/c1-3-7-4-8(17(2)16-7)5-10(15)9-6-11(13)18-12(9)14/h4,6,10H,3,5,15H2,1-2H3. The molecule has 2 aromatic rings. The van der Waals surface area contributed by atoms with Crippen LogP contribution < -0.4 is 5.73 Å². The summed E-state index contributed by atoms with van der Waals surface area (Å²) in [6.45, 7) is 2.11. The predicted octanol–water partition coefficient (Wildman–Crippen LogP) is 3.81. The molecule has 0 aliphatic carbocycles. The average molecular weight is 393 g/mol. The largest absolute Gasteiger partial charge is 0.324 e. The van der Waals surface area contributed by atoms with Gasteiger partial charge in [0.1, 0.15) is 0 Å². The minimum atomic E-state index is -0.0120. The van der Waals surface area contributed by atoms with E-state index in [0.29, 0.717) is 0 Å². The van der Waals surface area contributed by atoms with Gasteiger partial charge in [-0.3, -0.25) is 4.68 Å². The van der Waals surface area contributed by atoms with Crippen molar-refractivity contribution in [1.29, 1.82) is 0 Å². The lowest BCUT2D eigenvalue weighted by molar-refractivity contribution is 0.638. The van der Waals surface area contributed by atoms with Crippen LogP contribution in [0.1, 0.15) is 29.9 Å². The molecule has 0 spiro atoms. The Morgan fingerprint density at radius 3 is 2.67 bits per heavy atom. The first-order chi connectivity index (χ1) is 8.51. The maximum absolute atomic E-state index is 6.28. The van der Waals surface area contributed by atoms with Gasteiger partial charge >= 0.3 is 0 Å². The van der Waals surface area contributed by atoms with Crippen LogP contribution >= 0.6 is 43.2 Å². The minimum absolute atomic E-state index is 0.0120. The Labute approximate surface area is 128 Å². The van der Waals surface area contributed by atoms with Crippen LogP contribution in [0.2, 0.25) is 0 Å². The van der Waals surface area contributed by atoms with Crippen LogP contribution in [0.4, 0.5) is 0 Å². The van der Waals surface area contributed by atoms with E-state index in [1.165, 1.54) is 5.69 Å². The summed E-state index contributed by atoms with van der Waals surface area (Å²) in [4.78, 5) is 0. The van der Waals surface area contributed by atoms with Gasteiger partial charge in [-0.05, 0) is 56.0 Å². The Balaban J connectivity index is 2.18. The number of aryl methyl sites for hydroxylation is 2. The van der Waals surface area contributed by atoms with Crippen molar-refractivity contribution in [3.8, 4) is 0 Å². The third-order valence-electron chi connectivity index (χ3n) is 2.90. The molecular formula is C12H15Br2N3S. The summed E-state index contributed by atoms with van der Waals surface area (Å²) in [5.41, 5.74) is 9.71. The predicted molar refractivity (Wildman–Crippen MR) is 82.9 cm³/mol. The monoisotopic (exact) mass is 391 g/mol. The molecule has 0 aliphatic heterocycles. The first-order valence-corrected chi connectivity index (χ1v) is 8.13. The fraction of sp³-hybridized carbons (Fsp3) is 0.417. The Morgan fingerprint density at radius 2 is 2.17 bits per heavy atom. The van der Waals surface area contributed by atoms with Crippen LogP contribution in [0, 0.1) is 0 Å². The van der Waals surface area contributed by atoms with Gasteiger partial charge in [-0.25, -0.2) is 0 Å². The number of thiophene rings is 1. The van der Waals surface area contributed by atoms with Crippen molar-refractivity contribution in [3.05, 3.63) is 36.7 Å². The molecule has 2 aromatic heterocycles. The maximum Gasteiger partial charge on any atom is 0.0758 e. The molecule has 0 aromatic carbocycles. The zero-order chi connectivity index (χ0) is 13.3. The van der Waals surface area contributed by atoms with Crippen molar-refractivity contribution >= 4 is 43.2 Å². The molecule has 0 amide bonds. The van der Waals surface area contributed by atoms with Gasteiger partial charge in [0, 0.05) is 25.2 Å². The van der Waals surface area contributed by atoms with E-state index in [1.807, 2.05) is 11.7 Å². The Kier molecular flexibility index (Phi) is 4.64. The number of halogens is 2. The molecule has 0 saturated heterocycles. The van der Waals surface area contributed by atoms with E-state index >= 15 is 0 Å². The molecule has 18 heavy (non-hydrogen) atoms. The van der Waals surface area contributed by atoms with Gasteiger partial charge in [-0.2, -0.15) is 5.10 Å². The summed E-state index contributed by atoms with van der Waals surface area (Å²) < 4.78 is 4.12. The van der Waals surface area contributed by atoms with E-state index in [-0.39, 0.29) is 6.04 Å². The first kappa shape index (κ1) is 14.2. The molecule has 1 atom stereocenters. The van der Waals surface area contributed by atoms with Crippen molar-refractivity contribution < 1.29 is 0 Å². The van der Waals surface area contributed by atoms with Crippen LogP contribution in [0.25, 0.3) is 0 Å². The molecule has 0 radical (unpaired) electrons. The first-order valence-electron chi connectivity index (χ1n) is 5.73. The number of nitrogens with two attached hydrogens (primary N) is 1. The van der Waals surface area contributed by atoms with E-state index in [0.717, 1.165) is 31.7 Å². The molecule has 0 fully saturated rings. The Hall–Kier alpha value is -0.170. The number of rotatable bonds is 4. The smallest absolute Gasteiger partial charge is 0.0758 e. The Morgan fingerprint density at radius 1 is 1.44 bits per heavy atom. The molecule has 1 unspecified atom stereocenters. The van der Waals surface area contributed by atoms with Crippen molar-refractivity contribution in [3.63, 3.8) is 0 Å². The summed E-state index contributed by atoms with van der Waals surface area (Å²) in [6, 6.07) is 4.20. The highest BCUT2D eigenvalue weighted by atomic mass is 79.9. The number of nitrogens with zero attached hydrogens (tertiary/aromatic N) is 2. The molecule has 2 N–H and O–H groups in total. The lowest BCUT2D eigenvalue weighted by Crippen LogP contribution is -2.15. The molecule has 0 saturated carbocycles. The molecule has 2 rings (SSSR count). The van der Waals surface area contributed by atoms with Crippen LogP contribution in [-0.4, -0.2) is 9.78 Å². The van der Waals surface area contributed by atoms with Crippen LogP contribution in [0.5, 0.6) is 0 Å². The second-order valence-corrected chi connectivity index (χ2v) is 7.94. The summed E-state index contributed by atoms with van der Waals surface area (Å²) in [6.07, 6.45) is 1.75. The fourth-order valence-electron chi connectivity index (χ4n) is 1.88. The van der Waals surface area contributed by atoms with E-state index in [1.54, 1.807) is 11.3 Å². The van der Waals surface area contributed by atoms with Gasteiger partial charge in [0.2, 0.25) is 0 Å². The topological polar surface area (TPSA) is 43.8 Å². The van der Waals surface area contributed by atoms with Crippen LogP contribution in [0.3, 0.4) is 0 Å². The van der Waals surface area contributed by atoms with Gasteiger partial charge in [0.05, 0.1) is 13.3 Å². The lowest BCUT2D eigenvalue weighted by Gasteiger charge is -2.10. The second-order valence-electron chi connectivity index (χ2n) is 4.19. The zero-order valence-corrected chi connectivity index (χ0v) is 14.3. The summed E-state index contributed by atoms with van der Waals surface area (Å²) in [7, 11) is 1.97. The van der Waals surface area contributed by atoms with Gasteiger partial charge < -0.3 is 5.73 Å². The summed E-state index contributed by atoms with van der Waals surface area (Å²) in [5, 5.41) is 4.45. The second kappa shape index (κ2) is 5.86. The summed E-state index contributed by atoms with van der Waals surface area (Å²) in [5.74, 6) is 0. The van der Waals surface area contributed by atoms with Gasteiger partial charge in [-0.1, -0.05) is 6.92 Å². The number of hydrogen-bond acceptors (Lipinski definition) is 3. The molecule has 6 heteroatoms. The number of hydrogen-bond donors (Lipinski definition) is 1. The van der Waals surface area contributed by atoms with Crippen LogP contribution in [0.15, 0.2) is 19.7 Å². The maximum atomic E-state index is 6.28. The minimum Gasteiger partial charge on any atom is -0.324 e. The van der Waals surface area contributed by atoms with E-state index in [4.69, 9.17) is 5.73 Å². The van der Waals surface area contributed by atoms with E-state index in [2.05, 4.69) is 56.0 Å². The molecule has 0 aliphatic rings. The van der Waals surface area contributed by atoms with Crippen molar-refractivity contribution in [2.24, 2.45) is 12.8 Å². The highest BCUT2D eigenvalue weighted by Crippen LogP contribution is 2.35. The fourth-order valence-corrected chi connectivity index (χ4v) is 4.88. The van der Waals surface area contributed by atoms with Crippen molar-refractivity contribution in [2.45, 2.75) is 25.8 Å². The van der Waals surface area contributed by atoms with E-state index in [9.17, 15) is 0 Å². The lowest BCUT2D eigenvalue weighted by atomic mass is 10.1. The third-order valence-corrected chi connectivity index (χ3v) is 5.29. The normalized spacial score (nSPS) is 12.9. The average Bonchev–Trinajstić information content (AvgIpc) is 2.82.